The molecule has 0 saturated carbocycles. The zero-order chi connectivity index (χ0) is 14.4. The second-order valence-corrected chi connectivity index (χ2v) is 5.93. The lowest BCUT2D eigenvalue weighted by molar-refractivity contribution is -0.115. The molecule has 0 atom stereocenters. The van der Waals surface area contributed by atoms with Gasteiger partial charge in [0.15, 0.2) is 0 Å². The van der Waals surface area contributed by atoms with Gasteiger partial charge in [-0.3, -0.25) is 4.79 Å². The molecular weight excluding hydrogens is 292 g/mol. The van der Waals surface area contributed by atoms with E-state index in [4.69, 9.17) is 11.6 Å². The van der Waals surface area contributed by atoms with Gasteiger partial charge in [0.1, 0.15) is 5.82 Å². The lowest BCUT2D eigenvalue weighted by Crippen LogP contribution is -2.13. The fourth-order valence-corrected chi connectivity index (χ4v) is 2.51. The highest BCUT2D eigenvalue weighted by Gasteiger charge is 2.04. The van der Waals surface area contributed by atoms with Crippen LogP contribution >= 0.6 is 23.4 Å². The Kier molecular flexibility index (Phi) is 5.44. The number of rotatable bonds is 5. The van der Waals surface area contributed by atoms with Crippen molar-refractivity contribution in [1.29, 1.82) is 0 Å². The van der Waals surface area contributed by atoms with Gasteiger partial charge in [0.25, 0.3) is 0 Å². The van der Waals surface area contributed by atoms with E-state index in [9.17, 15) is 4.79 Å². The van der Waals surface area contributed by atoms with E-state index in [1.165, 1.54) is 16.7 Å². The van der Waals surface area contributed by atoms with E-state index in [1.807, 2.05) is 0 Å². The van der Waals surface area contributed by atoms with E-state index in [0.717, 1.165) is 5.75 Å². The summed E-state index contributed by atoms with van der Waals surface area (Å²) in [5.74, 6) is 1.22. The van der Waals surface area contributed by atoms with Crippen molar-refractivity contribution in [2.45, 2.75) is 18.2 Å². The molecule has 0 aliphatic heterocycles. The first-order valence-corrected chi connectivity index (χ1v) is 7.61. The van der Waals surface area contributed by atoms with Crippen molar-refractivity contribution in [2.75, 3.05) is 11.1 Å². The van der Waals surface area contributed by atoms with Crippen LogP contribution in [0.3, 0.4) is 0 Å². The molecule has 5 heteroatoms. The van der Waals surface area contributed by atoms with E-state index >= 15 is 0 Å². The number of nitrogens with one attached hydrogen (secondary N) is 1. The van der Waals surface area contributed by atoms with Gasteiger partial charge >= 0.3 is 0 Å². The van der Waals surface area contributed by atoms with E-state index < -0.39 is 0 Å². The summed E-state index contributed by atoms with van der Waals surface area (Å²) in [5, 5.41) is 3.30. The molecule has 0 spiro atoms. The Morgan fingerprint density at radius 3 is 2.65 bits per heavy atom. The Balaban J connectivity index is 1.75. The Morgan fingerprint density at radius 2 is 2.00 bits per heavy atom. The lowest BCUT2D eigenvalue weighted by atomic mass is 10.2. The first-order chi connectivity index (χ1) is 9.63. The van der Waals surface area contributed by atoms with Crippen molar-refractivity contribution >= 4 is 35.1 Å². The highest BCUT2D eigenvalue weighted by atomic mass is 35.5. The summed E-state index contributed by atoms with van der Waals surface area (Å²) in [4.78, 5) is 16.9. The SMILES string of the molecule is Cc1ccc(SCCC(=O)Nc2ccc(Cl)cn2)cc1. The predicted octanol–water partition coefficient (Wildman–Crippen LogP) is 4.16. The van der Waals surface area contributed by atoms with Gasteiger partial charge in [-0.2, -0.15) is 0 Å². The number of nitrogens with zero attached hydrogens (tertiary/aromatic N) is 1. The minimum atomic E-state index is -0.0422. The first kappa shape index (κ1) is 14.9. The number of benzene rings is 1. The topological polar surface area (TPSA) is 42.0 Å². The van der Waals surface area contributed by atoms with Gasteiger partial charge in [-0.1, -0.05) is 29.3 Å². The molecular formula is C15H15ClN2OS. The van der Waals surface area contributed by atoms with Crippen molar-refractivity contribution in [3.8, 4) is 0 Å². The summed E-state index contributed by atoms with van der Waals surface area (Å²) in [6.07, 6.45) is 1.96. The zero-order valence-electron chi connectivity index (χ0n) is 11.1. The average molecular weight is 307 g/mol. The van der Waals surface area contributed by atoms with Gasteiger partial charge < -0.3 is 5.32 Å². The highest BCUT2D eigenvalue weighted by Crippen LogP contribution is 2.19. The number of aryl methyl sites for hydroxylation is 1. The van der Waals surface area contributed by atoms with E-state index in [0.29, 0.717) is 17.3 Å². The van der Waals surface area contributed by atoms with Crippen LogP contribution in [0.4, 0.5) is 5.82 Å². The van der Waals surface area contributed by atoms with Gasteiger partial charge in [-0.05, 0) is 31.2 Å². The van der Waals surface area contributed by atoms with Gasteiger partial charge in [0.2, 0.25) is 5.91 Å². The second-order valence-electron chi connectivity index (χ2n) is 4.32. The van der Waals surface area contributed by atoms with Crippen molar-refractivity contribution in [3.63, 3.8) is 0 Å². The van der Waals surface area contributed by atoms with Crippen LogP contribution in [0, 0.1) is 6.92 Å². The molecule has 1 aromatic heterocycles. The molecule has 20 heavy (non-hydrogen) atoms. The number of halogens is 1. The number of carbonyl (C=O) groups is 1. The maximum Gasteiger partial charge on any atom is 0.226 e. The largest absolute Gasteiger partial charge is 0.311 e. The maximum atomic E-state index is 11.7. The summed E-state index contributed by atoms with van der Waals surface area (Å²) < 4.78 is 0. The molecule has 1 N–H and O–H groups in total. The standard InChI is InChI=1S/C15H15ClN2OS/c1-11-2-5-13(6-3-11)20-9-8-15(19)18-14-7-4-12(16)10-17-14/h2-7,10H,8-9H2,1H3,(H,17,18,19). The van der Waals surface area contributed by atoms with Gasteiger partial charge in [0, 0.05) is 23.3 Å². The molecule has 0 radical (unpaired) electrons. The zero-order valence-corrected chi connectivity index (χ0v) is 12.7. The van der Waals surface area contributed by atoms with Crippen LogP contribution in [0.1, 0.15) is 12.0 Å². The minimum absolute atomic E-state index is 0.0422. The molecule has 3 nitrogen and oxygen atoms in total. The summed E-state index contributed by atoms with van der Waals surface area (Å²) in [6.45, 7) is 2.06. The molecule has 0 bridgehead atoms. The lowest BCUT2D eigenvalue weighted by Gasteiger charge is -2.04. The number of hydrogen-bond acceptors (Lipinski definition) is 3. The van der Waals surface area contributed by atoms with Gasteiger partial charge in [-0.15, -0.1) is 11.8 Å². The van der Waals surface area contributed by atoms with Crippen molar-refractivity contribution in [3.05, 3.63) is 53.2 Å². The second kappa shape index (κ2) is 7.31. The normalized spacial score (nSPS) is 10.3. The minimum Gasteiger partial charge on any atom is -0.311 e. The molecule has 2 rings (SSSR count). The fourth-order valence-electron chi connectivity index (χ4n) is 1.55. The van der Waals surface area contributed by atoms with Crippen LogP contribution in [-0.4, -0.2) is 16.6 Å². The molecule has 1 amide bonds. The van der Waals surface area contributed by atoms with E-state index in [-0.39, 0.29) is 5.91 Å². The number of amides is 1. The average Bonchev–Trinajstić information content (AvgIpc) is 2.44. The van der Waals surface area contributed by atoms with Crippen LogP contribution in [0.2, 0.25) is 5.02 Å². The van der Waals surface area contributed by atoms with E-state index in [1.54, 1.807) is 23.9 Å². The van der Waals surface area contributed by atoms with Gasteiger partial charge in [-0.25, -0.2) is 4.98 Å². The van der Waals surface area contributed by atoms with Crippen LogP contribution in [0.25, 0.3) is 0 Å². The Bertz CT molecular complexity index is 569. The number of pyridine rings is 1. The third kappa shape index (κ3) is 4.87. The summed E-state index contributed by atoms with van der Waals surface area (Å²) >= 11 is 7.40. The predicted molar refractivity (Wildman–Crippen MR) is 84.4 cm³/mol. The molecule has 0 aliphatic rings. The van der Waals surface area contributed by atoms with E-state index in [2.05, 4.69) is 41.5 Å². The smallest absolute Gasteiger partial charge is 0.226 e. The number of carbonyl (C=O) groups excluding carboxylic acids is 1. The molecule has 0 saturated heterocycles. The molecule has 104 valence electrons. The summed E-state index contributed by atoms with van der Waals surface area (Å²) in [5.41, 5.74) is 1.24. The molecule has 0 unspecified atom stereocenters. The highest BCUT2D eigenvalue weighted by molar-refractivity contribution is 7.99. The Labute approximate surface area is 127 Å². The summed E-state index contributed by atoms with van der Waals surface area (Å²) in [7, 11) is 0. The monoisotopic (exact) mass is 306 g/mol. The maximum absolute atomic E-state index is 11.7. The first-order valence-electron chi connectivity index (χ1n) is 6.24. The quantitative estimate of drug-likeness (QED) is 0.843. The van der Waals surface area contributed by atoms with Crippen molar-refractivity contribution in [1.82, 2.24) is 4.98 Å². The Hall–Kier alpha value is -1.52. The number of anilines is 1. The number of hydrogen-bond donors (Lipinski definition) is 1. The molecule has 1 aromatic carbocycles. The summed E-state index contributed by atoms with van der Waals surface area (Å²) in [6, 6.07) is 11.7. The van der Waals surface area contributed by atoms with Gasteiger partial charge in [0.05, 0.1) is 5.02 Å². The van der Waals surface area contributed by atoms with Crippen molar-refractivity contribution < 1.29 is 4.79 Å². The Morgan fingerprint density at radius 1 is 1.25 bits per heavy atom. The third-order valence-electron chi connectivity index (χ3n) is 2.61. The molecule has 2 aromatic rings. The number of aromatic nitrogens is 1. The fraction of sp³-hybridized carbons (Fsp3) is 0.200. The molecule has 1 heterocycles. The van der Waals surface area contributed by atoms with Crippen LogP contribution in [0.5, 0.6) is 0 Å². The number of thioether (sulfide) groups is 1. The van der Waals surface area contributed by atoms with Crippen molar-refractivity contribution in [2.24, 2.45) is 0 Å². The van der Waals surface area contributed by atoms with Crippen LogP contribution in [-0.2, 0) is 4.79 Å². The van der Waals surface area contributed by atoms with Crippen LogP contribution in [0.15, 0.2) is 47.5 Å². The molecule has 0 fully saturated rings. The third-order valence-corrected chi connectivity index (χ3v) is 3.85. The van der Waals surface area contributed by atoms with Crippen LogP contribution < -0.4 is 5.32 Å². The molecule has 0 aliphatic carbocycles.